The minimum atomic E-state index is 1.12. The summed E-state index contributed by atoms with van der Waals surface area (Å²) in [5, 5.41) is 3.57. The Labute approximate surface area is 135 Å². The Morgan fingerprint density at radius 2 is 1.76 bits per heavy atom. The van der Waals surface area contributed by atoms with Crippen molar-refractivity contribution in [3.05, 3.63) is 35.9 Å². The van der Waals surface area contributed by atoms with E-state index in [4.69, 9.17) is 0 Å². The predicted molar refractivity (Wildman–Crippen MR) is 97.1 cm³/mol. The first kappa shape index (κ1) is 18.5. The molecule has 1 N–H and O–H groups in total. The minimum absolute atomic E-state index is 1.12. The van der Waals surface area contributed by atoms with Crippen molar-refractivity contribution in [1.29, 1.82) is 0 Å². The second kappa shape index (κ2) is 13.2. The lowest BCUT2D eigenvalue weighted by Gasteiger charge is -2.21. The predicted octanol–water partition coefficient (Wildman–Crippen LogP) is 4.02. The van der Waals surface area contributed by atoms with Crippen molar-refractivity contribution in [3.63, 3.8) is 0 Å². The number of unbranched alkanes of at least 4 members (excludes halogenated alkanes) is 1. The van der Waals surface area contributed by atoms with Crippen molar-refractivity contribution in [3.8, 4) is 0 Å². The molecular weight excluding hydrogens is 276 g/mol. The van der Waals surface area contributed by atoms with Gasteiger partial charge in [-0.05, 0) is 31.5 Å². The number of rotatable bonds is 13. The van der Waals surface area contributed by atoms with Gasteiger partial charge in [-0.3, -0.25) is 0 Å². The second-order valence-electron chi connectivity index (χ2n) is 5.48. The summed E-state index contributed by atoms with van der Waals surface area (Å²) < 4.78 is 0. The molecule has 2 nitrogen and oxygen atoms in total. The zero-order valence-corrected chi connectivity index (χ0v) is 14.6. The highest BCUT2D eigenvalue weighted by atomic mass is 32.2. The van der Waals surface area contributed by atoms with Crippen LogP contribution in [-0.4, -0.2) is 43.4 Å². The van der Waals surface area contributed by atoms with Crippen LogP contribution in [0.1, 0.15) is 38.7 Å². The van der Waals surface area contributed by atoms with Crippen LogP contribution in [0.3, 0.4) is 0 Å². The van der Waals surface area contributed by atoms with Crippen molar-refractivity contribution in [2.45, 2.75) is 38.9 Å². The molecule has 0 atom stereocenters. The molecule has 0 fully saturated rings. The summed E-state index contributed by atoms with van der Waals surface area (Å²) in [6.07, 6.45) is 3.88. The van der Waals surface area contributed by atoms with E-state index in [9.17, 15) is 0 Å². The van der Waals surface area contributed by atoms with Crippen LogP contribution >= 0.6 is 11.8 Å². The Kier molecular flexibility index (Phi) is 11.6. The first-order valence-corrected chi connectivity index (χ1v) is 9.57. The molecule has 0 spiro atoms. The van der Waals surface area contributed by atoms with Gasteiger partial charge in [-0.15, -0.1) is 0 Å². The SMILES string of the molecule is CCCCN(CCC)CCNCCSCc1ccccc1. The van der Waals surface area contributed by atoms with Crippen LogP contribution in [0.25, 0.3) is 0 Å². The highest BCUT2D eigenvalue weighted by Crippen LogP contribution is 2.10. The number of thioether (sulfide) groups is 1. The average molecular weight is 309 g/mol. The molecule has 0 aliphatic rings. The maximum Gasteiger partial charge on any atom is 0.0185 e. The van der Waals surface area contributed by atoms with Crippen LogP contribution in [0.4, 0.5) is 0 Å². The average Bonchev–Trinajstić information content (AvgIpc) is 2.52. The maximum absolute atomic E-state index is 3.57. The van der Waals surface area contributed by atoms with Crippen LogP contribution in [0, 0.1) is 0 Å². The van der Waals surface area contributed by atoms with Gasteiger partial charge in [0.05, 0.1) is 0 Å². The van der Waals surface area contributed by atoms with Crippen LogP contribution < -0.4 is 5.32 Å². The van der Waals surface area contributed by atoms with E-state index in [0.29, 0.717) is 0 Å². The number of hydrogen-bond acceptors (Lipinski definition) is 3. The third kappa shape index (κ3) is 9.94. The minimum Gasteiger partial charge on any atom is -0.315 e. The van der Waals surface area contributed by atoms with Crippen molar-refractivity contribution in [2.24, 2.45) is 0 Å². The molecule has 0 heterocycles. The Morgan fingerprint density at radius 1 is 0.952 bits per heavy atom. The molecule has 21 heavy (non-hydrogen) atoms. The summed E-state index contributed by atoms with van der Waals surface area (Å²) in [7, 11) is 0. The Bertz CT molecular complexity index is 329. The fraction of sp³-hybridized carbons (Fsp3) is 0.667. The molecular formula is C18H32N2S. The molecule has 0 saturated heterocycles. The number of benzene rings is 1. The molecule has 0 radical (unpaired) electrons. The Hall–Kier alpha value is -0.510. The standard InChI is InChI=1S/C18H32N2S/c1-3-5-14-20(13-4-2)15-11-19-12-16-21-17-18-9-7-6-8-10-18/h6-10,19H,3-5,11-17H2,1-2H3. The van der Waals surface area contributed by atoms with Crippen molar-refractivity contribution >= 4 is 11.8 Å². The molecule has 3 heteroatoms. The third-order valence-corrected chi connectivity index (χ3v) is 4.54. The molecule has 1 aromatic carbocycles. The van der Waals surface area contributed by atoms with E-state index in [-0.39, 0.29) is 0 Å². The normalized spacial score (nSPS) is 11.2. The summed E-state index contributed by atoms with van der Waals surface area (Å²) in [6.45, 7) is 10.5. The lowest BCUT2D eigenvalue weighted by molar-refractivity contribution is 0.270. The van der Waals surface area contributed by atoms with E-state index in [1.807, 2.05) is 11.8 Å². The van der Waals surface area contributed by atoms with Crippen LogP contribution in [0.2, 0.25) is 0 Å². The molecule has 0 aromatic heterocycles. The lowest BCUT2D eigenvalue weighted by Crippen LogP contribution is -2.34. The van der Waals surface area contributed by atoms with E-state index in [1.54, 1.807) is 0 Å². The summed E-state index contributed by atoms with van der Waals surface area (Å²) in [5.41, 5.74) is 1.43. The quantitative estimate of drug-likeness (QED) is 0.554. The highest BCUT2D eigenvalue weighted by Gasteiger charge is 2.02. The fourth-order valence-corrected chi connectivity index (χ4v) is 3.17. The van der Waals surface area contributed by atoms with Crippen molar-refractivity contribution in [1.82, 2.24) is 10.2 Å². The van der Waals surface area contributed by atoms with Gasteiger partial charge in [-0.25, -0.2) is 0 Å². The lowest BCUT2D eigenvalue weighted by atomic mass is 10.2. The monoisotopic (exact) mass is 308 g/mol. The van der Waals surface area contributed by atoms with Crippen LogP contribution in [0.5, 0.6) is 0 Å². The van der Waals surface area contributed by atoms with Gasteiger partial charge in [0.1, 0.15) is 0 Å². The summed E-state index contributed by atoms with van der Waals surface area (Å²) in [4.78, 5) is 2.59. The van der Waals surface area contributed by atoms with E-state index in [0.717, 1.165) is 18.8 Å². The number of nitrogens with one attached hydrogen (secondary N) is 1. The van der Waals surface area contributed by atoms with E-state index >= 15 is 0 Å². The zero-order chi connectivity index (χ0) is 15.2. The second-order valence-corrected chi connectivity index (χ2v) is 6.59. The van der Waals surface area contributed by atoms with Crippen LogP contribution in [-0.2, 0) is 5.75 Å². The molecule has 0 unspecified atom stereocenters. The van der Waals surface area contributed by atoms with Gasteiger partial charge >= 0.3 is 0 Å². The topological polar surface area (TPSA) is 15.3 Å². The molecule has 120 valence electrons. The van der Waals surface area contributed by atoms with Gasteiger partial charge in [0, 0.05) is 31.1 Å². The smallest absolute Gasteiger partial charge is 0.0185 e. The van der Waals surface area contributed by atoms with Crippen molar-refractivity contribution in [2.75, 3.05) is 38.5 Å². The Balaban J connectivity index is 1.97. The molecule has 1 rings (SSSR count). The third-order valence-electron chi connectivity index (χ3n) is 3.51. The number of nitrogens with zero attached hydrogens (tertiary/aromatic N) is 1. The van der Waals surface area contributed by atoms with E-state index < -0.39 is 0 Å². The molecule has 1 aromatic rings. The maximum atomic E-state index is 3.57. The van der Waals surface area contributed by atoms with Gasteiger partial charge in [-0.2, -0.15) is 11.8 Å². The Morgan fingerprint density at radius 3 is 2.48 bits per heavy atom. The highest BCUT2D eigenvalue weighted by molar-refractivity contribution is 7.98. The first-order valence-electron chi connectivity index (χ1n) is 8.41. The molecule has 0 bridgehead atoms. The van der Waals surface area contributed by atoms with Gasteiger partial charge in [0.15, 0.2) is 0 Å². The first-order chi connectivity index (χ1) is 10.4. The molecule has 0 aliphatic carbocycles. The molecule has 0 saturated carbocycles. The van der Waals surface area contributed by atoms with Gasteiger partial charge in [-0.1, -0.05) is 50.6 Å². The summed E-state index contributed by atoms with van der Waals surface area (Å²) in [6, 6.07) is 10.7. The summed E-state index contributed by atoms with van der Waals surface area (Å²) >= 11 is 2.01. The zero-order valence-electron chi connectivity index (χ0n) is 13.8. The van der Waals surface area contributed by atoms with E-state index in [1.165, 1.54) is 50.2 Å². The van der Waals surface area contributed by atoms with Gasteiger partial charge in [0.25, 0.3) is 0 Å². The van der Waals surface area contributed by atoms with Gasteiger partial charge in [0.2, 0.25) is 0 Å². The largest absolute Gasteiger partial charge is 0.315 e. The van der Waals surface area contributed by atoms with Crippen molar-refractivity contribution < 1.29 is 0 Å². The van der Waals surface area contributed by atoms with Gasteiger partial charge < -0.3 is 10.2 Å². The summed E-state index contributed by atoms with van der Waals surface area (Å²) in [5.74, 6) is 2.32. The number of hydrogen-bond donors (Lipinski definition) is 1. The molecule has 0 aliphatic heterocycles. The molecule has 0 amide bonds. The van der Waals surface area contributed by atoms with E-state index in [2.05, 4.69) is 54.4 Å². The fourth-order valence-electron chi connectivity index (χ4n) is 2.30. The van der Waals surface area contributed by atoms with Crippen LogP contribution in [0.15, 0.2) is 30.3 Å².